The minimum Gasteiger partial charge on any atom is -0.372 e. The zero-order valence-corrected chi connectivity index (χ0v) is 15.1. The van der Waals surface area contributed by atoms with Crippen LogP contribution in [0.5, 0.6) is 0 Å². The minimum absolute atomic E-state index is 0.125. The first-order chi connectivity index (χ1) is 10.9. The maximum absolute atomic E-state index is 12.2. The largest absolute Gasteiger partial charge is 0.372 e. The second-order valence-corrected chi connectivity index (χ2v) is 7.47. The Balaban J connectivity index is 1.76. The van der Waals surface area contributed by atoms with Gasteiger partial charge in [0.15, 0.2) is 5.17 Å². The van der Waals surface area contributed by atoms with E-state index in [1.807, 2.05) is 19.9 Å². The lowest BCUT2D eigenvalue weighted by Crippen LogP contribution is -2.47. The van der Waals surface area contributed by atoms with Gasteiger partial charge in [-0.15, -0.1) is 0 Å². The summed E-state index contributed by atoms with van der Waals surface area (Å²) in [6.07, 6.45) is 2.04. The molecule has 122 valence electrons. The van der Waals surface area contributed by atoms with Crippen molar-refractivity contribution < 1.29 is 9.53 Å². The van der Waals surface area contributed by atoms with E-state index >= 15 is 0 Å². The van der Waals surface area contributed by atoms with Crippen LogP contribution in [0.2, 0.25) is 10.0 Å². The molecule has 0 bridgehead atoms. The molecule has 3 rings (SSSR count). The Bertz CT molecular complexity index is 695. The molecule has 1 amide bonds. The fourth-order valence-corrected chi connectivity index (χ4v) is 3.86. The Morgan fingerprint density at radius 1 is 1.26 bits per heavy atom. The van der Waals surface area contributed by atoms with Gasteiger partial charge in [-0.2, -0.15) is 4.99 Å². The predicted octanol–water partition coefficient (Wildman–Crippen LogP) is 4.07. The van der Waals surface area contributed by atoms with Gasteiger partial charge >= 0.3 is 0 Å². The molecule has 2 aliphatic heterocycles. The van der Waals surface area contributed by atoms with E-state index in [1.54, 1.807) is 18.2 Å². The number of carbonyl (C=O) groups is 1. The average Bonchev–Trinajstić information content (AvgIpc) is 2.83. The molecule has 1 aromatic rings. The molecule has 1 aromatic carbocycles. The van der Waals surface area contributed by atoms with E-state index in [0.29, 0.717) is 15.0 Å². The van der Waals surface area contributed by atoms with Crippen molar-refractivity contribution >= 4 is 52.1 Å². The van der Waals surface area contributed by atoms with Gasteiger partial charge in [-0.05, 0) is 49.4 Å². The van der Waals surface area contributed by atoms with Crippen LogP contribution < -0.4 is 0 Å². The summed E-state index contributed by atoms with van der Waals surface area (Å²) in [6, 6.07) is 5.28. The lowest BCUT2D eigenvalue weighted by Gasteiger charge is -2.35. The number of aliphatic imine (C=N–C) groups is 1. The van der Waals surface area contributed by atoms with Crippen LogP contribution in [0, 0.1) is 0 Å². The molecule has 0 spiro atoms. The fraction of sp³-hybridized carbons (Fsp3) is 0.375. The number of hydrogen-bond donors (Lipinski definition) is 0. The smallest absolute Gasteiger partial charge is 0.286 e. The standard InChI is InChI=1S/C16H16Cl2N2O2S/c1-9-7-20(8-10(2)22-9)16-19-15(21)14(23-16)6-11-3-4-12(17)13(18)5-11/h3-6,9-10H,7-8H2,1-2H3/b14-6-/t9-,10-/m1/s1. The molecule has 0 saturated carbocycles. The maximum Gasteiger partial charge on any atom is 0.286 e. The molecule has 2 heterocycles. The SMILES string of the molecule is C[C@@H]1CN(C2=NC(=O)/C(=C/c3ccc(Cl)c(Cl)c3)S2)C[C@@H](C)O1. The highest BCUT2D eigenvalue weighted by Gasteiger charge is 2.30. The highest BCUT2D eigenvalue weighted by Crippen LogP contribution is 2.32. The van der Waals surface area contributed by atoms with E-state index in [2.05, 4.69) is 9.89 Å². The summed E-state index contributed by atoms with van der Waals surface area (Å²) in [5.74, 6) is -0.220. The maximum atomic E-state index is 12.2. The van der Waals surface area contributed by atoms with Crippen LogP contribution in [0.4, 0.5) is 0 Å². The molecular formula is C16H16Cl2N2O2S. The van der Waals surface area contributed by atoms with Crippen LogP contribution in [0.3, 0.4) is 0 Å². The molecule has 1 fully saturated rings. The van der Waals surface area contributed by atoms with Crippen molar-refractivity contribution in [3.05, 3.63) is 38.7 Å². The van der Waals surface area contributed by atoms with Crippen LogP contribution >= 0.6 is 35.0 Å². The second-order valence-electron chi connectivity index (χ2n) is 5.65. The fourth-order valence-electron chi connectivity index (χ4n) is 2.62. The number of morpholine rings is 1. The lowest BCUT2D eigenvalue weighted by molar-refractivity contribution is -0.113. The minimum atomic E-state index is -0.220. The van der Waals surface area contributed by atoms with Gasteiger partial charge in [-0.3, -0.25) is 4.79 Å². The molecule has 0 aromatic heterocycles. The number of nitrogens with zero attached hydrogens (tertiary/aromatic N) is 2. The van der Waals surface area contributed by atoms with E-state index in [9.17, 15) is 4.79 Å². The molecule has 1 saturated heterocycles. The van der Waals surface area contributed by atoms with E-state index in [0.717, 1.165) is 23.8 Å². The molecule has 0 radical (unpaired) electrons. The monoisotopic (exact) mass is 370 g/mol. The van der Waals surface area contributed by atoms with Crippen molar-refractivity contribution in [2.45, 2.75) is 26.1 Å². The zero-order valence-electron chi connectivity index (χ0n) is 12.8. The van der Waals surface area contributed by atoms with E-state index in [4.69, 9.17) is 27.9 Å². The number of hydrogen-bond acceptors (Lipinski definition) is 4. The molecule has 4 nitrogen and oxygen atoms in total. The van der Waals surface area contributed by atoms with Gasteiger partial charge in [0.25, 0.3) is 5.91 Å². The van der Waals surface area contributed by atoms with Crippen LogP contribution in [0.25, 0.3) is 6.08 Å². The number of benzene rings is 1. The van der Waals surface area contributed by atoms with E-state index < -0.39 is 0 Å². The Hall–Kier alpha value is -1.01. The Labute approximate surface area is 149 Å². The normalized spacial score (nSPS) is 26.8. The topological polar surface area (TPSA) is 41.9 Å². The van der Waals surface area contributed by atoms with Crippen LogP contribution in [-0.4, -0.2) is 41.3 Å². The second kappa shape index (κ2) is 6.85. The lowest BCUT2D eigenvalue weighted by atomic mass is 10.2. The van der Waals surface area contributed by atoms with Crippen LogP contribution in [0.15, 0.2) is 28.1 Å². The summed E-state index contributed by atoms with van der Waals surface area (Å²) in [7, 11) is 0. The van der Waals surface area contributed by atoms with Crippen molar-refractivity contribution in [3.63, 3.8) is 0 Å². The van der Waals surface area contributed by atoms with Gasteiger partial charge in [0.1, 0.15) is 0 Å². The first-order valence-electron chi connectivity index (χ1n) is 7.30. The van der Waals surface area contributed by atoms with Crippen LogP contribution in [-0.2, 0) is 9.53 Å². The third-order valence-electron chi connectivity index (χ3n) is 3.54. The predicted molar refractivity (Wildman–Crippen MR) is 96.1 cm³/mol. The van der Waals surface area contributed by atoms with Crippen molar-refractivity contribution in [2.24, 2.45) is 4.99 Å². The quantitative estimate of drug-likeness (QED) is 0.698. The molecule has 2 atom stereocenters. The number of halogens is 2. The first-order valence-corrected chi connectivity index (χ1v) is 8.87. The zero-order chi connectivity index (χ0) is 16.6. The highest BCUT2D eigenvalue weighted by atomic mass is 35.5. The molecule has 7 heteroatoms. The third-order valence-corrected chi connectivity index (χ3v) is 5.32. The third kappa shape index (κ3) is 3.91. The Morgan fingerprint density at radius 2 is 1.96 bits per heavy atom. The van der Waals surface area contributed by atoms with E-state index in [-0.39, 0.29) is 18.1 Å². The summed E-state index contributed by atoms with van der Waals surface area (Å²) in [6.45, 7) is 5.53. The number of ether oxygens (including phenoxy) is 1. The van der Waals surface area contributed by atoms with Gasteiger partial charge in [0.05, 0.1) is 27.2 Å². The number of thioether (sulfide) groups is 1. The molecule has 0 aliphatic carbocycles. The summed E-state index contributed by atoms with van der Waals surface area (Å²) in [5, 5.41) is 1.70. The van der Waals surface area contributed by atoms with Crippen molar-refractivity contribution in [2.75, 3.05) is 13.1 Å². The molecular weight excluding hydrogens is 355 g/mol. The molecule has 2 aliphatic rings. The highest BCUT2D eigenvalue weighted by molar-refractivity contribution is 8.18. The molecule has 0 N–H and O–H groups in total. The Morgan fingerprint density at radius 3 is 2.61 bits per heavy atom. The molecule has 23 heavy (non-hydrogen) atoms. The van der Waals surface area contributed by atoms with Crippen molar-refractivity contribution in [1.82, 2.24) is 4.90 Å². The first kappa shape index (κ1) is 16.8. The average molecular weight is 371 g/mol. The number of amidine groups is 1. The number of carbonyl (C=O) groups excluding carboxylic acids is 1. The van der Waals surface area contributed by atoms with Gasteiger partial charge in [0.2, 0.25) is 0 Å². The van der Waals surface area contributed by atoms with Crippen molar-refractivity contribution in [3.8, 4) is 0 Å². The number of rotatable bonds is 1. The number of amides is 1. The van der Waals surface area contributed by atoms with Crippen LogP contribution in [0.1, 0.15) is 19.4 Å². The summed E-state index contributed by atoms with van der Waals surface area (Å²) < 4.78 is 5.72. The summed E-state index contributed by atoms with van der Waals surface area (Å²) >= 11 is 13.3. The Kier molecular flexibility index (Phi) is 5.01. The summed E-state index contributed by atoms with van der Waals surface area (Å²) in [4.78, 5) is 19.0. The molecule has 0 unspecified atom stereocenters. The summed E-state index contributed by atoms with van der Waals surface area (Å²) in [5.41, 5.74) is 0.829. The van der Waals surface area contributed by atoms with E-state index in [1.165, 1.54) is 11.8 Å². The van der Waals surface area contributed by atoms with Gasteiger partial charge in [0, 0.05) is 13.1 Å². The van der Waals surface area contributed by atoms with Gasteiger partial charge in [-0.25, -0.2) is 0 Å². The van der Waals surface area contributed by atoms with Gasteiger partial charge in [-0.1, -0.05) is 29.3 Å². The van der Waals surface area contributed by atoms with Crippen molar-refractivity contribution in [1.29, 1.82) is 0 Å². The van der Waals surface area contributed by atoms with Gasteiger partial charge < -0.3 is 9.64 Å².